The number of nitrogens with one attached hydrogen (secondary N) is 1. The van der Waals surface area contributed by atoms with Crippen LogP contribution in [0.1, 0.15) is 27.4 Å². The highest BCUT2D eigenvalue weighted by Gasteiger charge is 2.29. The van der Waals surface area contributed by atoms with E-state index in [1.54, 1.807) is 0 Å². The van der Waals surface area contributed by atoms with E-state index >= 15 is 0 Å². The van der Waals surface area contributed by atoms with E-state index in [1.807, 2.05) is 48.5 Å². The van der Waals surface area contributed by atoms with E-state index in [9.17, 15) is 4.79 Å². The summed E-state index contributed by atoms with van der Waals surface area (Å²) in [5, 5.41) is 2.15. The maximum Gasteiger partial charge on any atom is 0.340 e. The molecule has 3 heteroatoms. The van der Waals surface area contributed by atoms with Crippen molar-refractivity contribution in [3.63, 3.8) is 0 Å². The molecule has 3 nitrogen and oxygen atoms in total. The minimum absolute atomic E-state index is 0.0586. The van der Waals surface area contributed by atoms with Crippen molar-refractivity contribution in [1.82, 2.24) is 4.98 Å². The Labute approximate surface area is 173 Å². The molecular formula is C27H19NO2. The van der Waals surface area contributed by atoms with Crippen LogP contribution >= 0.6 is 0 Å². The van der Waals surface area contributed by atoms with Gasteiger partial charge in [0.2, 0.25) is 0 Å². The summed E-state index contributed by atoms with van der Waals surface area (Å²) in [5.74, 6) is -0.239. The van der Waals surface area contributed by atoms with Crippen molar-refractivity contribution >= 4 is 27.8 Å². The molecule has 1 heterocycles. The van der Waals surface area contributed by atoms with Gasteiger partial charge >= 0.3 is 5.97 Å². The standard InChI is InChI=1S/C27H19NO2/c29-27(23-14-7-13-22-21-12-5-6-15-25(21)28-26(22)23)30-16-24-19-10-3-1-8-17(19)18-9-2-4-11-20(18)24/h1-15,24,28H,16H2. The van der Waals surface area contributed by atoms with Gasteiger partial charge in [-0.1, -0.05) is 78.9 Å². The van der Waals surface area contributed by atoms with Crippen molar-refractivity contribution in [2.24, 2.45) is 0 Å². The zero-order chi connectivity index (χ0) is 20.1. The molecule has 0 saturated carbocycles. The van der Waals surface area contributed by atoms with Crippen molar-refractivity contribution < 1.29 is 9.53 Å². The number of hydrogen-bond acceptors (Lipinski definition) is 2. The molecule has 0 radical (unpaired) electrons. The molecule has 30 heavy (non-hydrogen) atoms. The van der Waals surface area contributed by atoms with Gasteiger partial charge in [0, 0.05) is 22.2 Å². The molecule has 0 amide bonds. The molecule has 0 atom stereocenters. The summed E-state index contributed by atoms with van der Waals surface area (Å²) in [6.07, 6.45) is 0. The number of carbonyl (C=O) groups excluding carboxylic acids is 1. The highest BCUT2D eigenvalue weighted by molar-refractivity contribution is 6.13. The van der Waals surface area contributed by atoms with Gasteiger partial charge in [-0.05, 0) is 34.4 Å². The fourth-order valence-corrected chi connectivity index (χ4v) is 4.72. The number of aromatic nitrogens is 1. The van der Waals surface area contributed by atoms with Crippen molar-refractivity contribution in [3.05, 3.63) is 108 Å². The van der Waals surface area contributed by atoms with Crippen molar-refractivity contribution in [2.75, 3.05) is 6.61 Å². The first-order valence-corrected chi connectivity index (χ1v) is 10.2. The van der Waals surface area contributed by atoms with Crippen molar-refractivity contribution in [1.29, 1.82) is 0 Å². The van der Waals surface area contributed by atoms with Gasteiger partial charge in [-0.15, -0.1) is 0 Å². The Balaban J connectivity index is 1.34. The first-order valence-electron chi connectivity index (χ1n) is 10.2. The van der Waals surface area contributed by atoms with Gasteiger partial charge in [-0.3, -0.25) is 0 Å². The third kappa shape index (κ3) is 2.49. The number of benzene rings is 4. The van der Waals surface area contributed by atoms with Crippen molar-refractivity contribution in [3.8, 4) is 11.1 Å². The number of para-hydroxylation sites is 2. The van der Waals surface area contributed by atoms with Crippen LogP contribution in [0.3, 0.4) is 0 Å². The van der Waals surface area contributed by atoms with E-state index in [-0.39, 0.29) is 11.9 Å². The molecule has 1 N–H and O–H groups in total. The number of H-pyrrole nitrogens is 1. The summed E-state index contributed by atoms with van der Waals surface area (Å²) in [6, 6.07) is 30.6. The molecule has 1 aromatic heterocycles. The number of hydrogen-bond donors (Lipinski definition) is 1. The maximum atomic E-state index is 13.1. The molecule has 0 saturated heterocycles. The quantitative estimate of drug-likeness (QED) is 0.368. The average molecular weight is 389 g/mol. The topological polar surface area (TPSA) is 42.1 Å². The largest absolute Gasteiger partial charge is 0.461 e. The third-order valence-corrected chi connectivity index (χ3v) is 6.10. The zero-order valence-corrected chi connectivity index (χ0v) is 16.3. The lowest BCUT2D eigenvalue weighted by atomic mass is 9.98. The monoisotopic (exact) mass is 389 g/mol. The van der Waals surface area contributed by atoms with Crippen LogP contribution in [0.4, 0.5) is 0 Å². The van der Waals surface area contributed by atoms with E-state index in [2.05, 4.69) is 47.4 Å². The summed E-state index contributed by atoms with van der Waals surface area (Å²) in [5.41, 5.74) is 7.31. The molecule has 0 unspecified atom stereocenters. The maximum absolute atomic E-state index is 13.1. The highest BCUT2D eigenvalue weighted by atomic mass is 16.5. The molecular weight excluding hydrogens is 370 g/mol. The van der Waals surface area contributed by atoms with Crippen LogP contribution in [0, 0.1) is 0 Å². The predicted octanol–water partition coefficient (Wildman–Crippen LogP) is 6.29. The summed E-state index contributed by atoms with van der Waals surface area (Å²) in [6.45, 7) is 0.323. The molecule has 0 aliphatic heterocycles. The van der Waals surface area contributed by atoms with E-state index in [0.29, 0.717) is 12.2 Å². The minimum atomic E-state index is -0.297. The second-order valence-corrected chi connectivity index (χ2v) is 7.72. The Hall–Kier alpha value is -3.85. The molecule has 144 valence electrons. The molecule has 4 aromatic carbocycles. The fourth-order valence-electron chi connectivity index (χ4n) is 4.72. The minimum Gasteiger partial charge on any atom is -0.461 e. The van der Waals surface area contributed by atoms with Gasteiger partial charge in [0.05, 0.1) is 11.1 Å². The summed E-state index contributed by atoms with van der Waals surface area (Å²) in [4.78, 5) is 16.5. The Morgan fingerprint density at radius 3 is 2.13 bits per heavy atom. The number of carbonyl (C=O) groups is 1. The molecule has 0 fully saturated rings. The van der Waals surface area contributed by atoms with Crippen LogP contribution in [0.15, 0.2) is 91.0 Å². The number of fused-ring (bicyclic) bond motifs is 6. The fraction of sp³-hybridized carbons (Fsp3) is 0.0741. The van der Waals surface area contributed by atoms with Gasteiger partial charge in [-0.25, -0.2) is 4.79 Å². The predicted molar refractivity (Wildman–Crippen MR) is 120 cm³/mol. The highest BCUT2D eigenvalue weighted by Crippen LogP contribution is 2.44. The third-order valence-electron chi connectivity index (χ3n) is 6.10. The normalized spacial score (nSPS) is 12.8. The summed E-state index contributed by atoms with van der Waals surface area (Å²) >= 11 is 0. The van der Waals surface area contributed by atoms with Crippen LogP contribution in [0.5, 0.6) is 0 Å². The van der Waals surface area contributed by atoms with Gasteiger partial charge < -0.3 is 9.72 Å². The average Bonchev–Trinajstić information content (AvgIpc) is 3.33. The number of ether oxygens (including phenoxy) is 1. The lowest BCUT2D eigenvalue weighted by Gasteiger charge is -2.14. The van der Waals surface area contributed by atoms with E-state index in [0.717, 1.165) is 21.8 Å². The van der Waals surface area contributed by atoms with Crippen LogP contribution in [-0.2, 0) is 4.74 Å². The Morgan fingerprint density at radius 2 is 1.37 bits per heavy atom. The molecule has 0 bridgehead atoms. The first-order chi connectivity index (χ1) is 14.8. The molecule has 1 aliphatic rings. The Kier molecular flexibility index (Phi) is 3.75. The molecule has 5 aromatic rings. The number of rotatable bonds is 3. The summed E-state index contributed by atoms with van der Waals surface area (Å²) in [7, 11) is 0. The molecule has 1 aliphatic carbocycles. The zero-order valence-electron chi connectivity index (χ0n) is 16.3. The van der Waals surface area contributed by atoms with Gasteiger partial charge in [0.25, 0.3) is 0 Å². The number of esters is 1. The van der Waals surface area contributed by atoms with Crippen LogP contribution in [0.25, 0.3) is 32.9 Å². The van der Waals surface area contributed by atoms with Crippen LogP contribution in [0.2, 0.25) is 0 Å². The number of aromatic amines is 1. The van der Waals surface area contributed by atoms with E-state index < -0.39 is 0 Å². The van der Waals surface area contributed by atoms with Gasteiger partial charge in [-0.2, -0.15) is 0 Å². The molecule has 6 rings (SSSR count). The van der Waals surface area contributed by atoms with E-state index in [1.165, 1.54) is 22.3 Å². The van der Waals surface area contributed by atoms with Crippen LogP contribution < -0.4 is 0 Å². The summed E-state index contributed by atoms with van der Waals surface area (Å²) < 4.78 is 5.87. The van der Waals surface area contributed by atoms with Gasteiger partial charge in [0.15, 0.2) is 0 Å². The van der Waals surface area contributed by atoms with Crippen molar-refractivity contribution in [2.45, 2.75) is 5.92 Å². The lowest BCUT2D eigenvalue weighted by Crippen LogP contribution is -2.13. The Morgan fingerprint density at radius 1 is 0.733 bits per heavy atom. The van der Waals surface area contributed by atoms with Gasteiger partial charge in [0.1, 0.15) is 6.61 Å². The molecule has 0 spiro atoms. The van der Waals surface area contributed by atoms with Crippen LogP contribution in [-0.4, -0.2) is 17.6 Å². The SMILES string of the molecule is O=C(OCC1c2ccccc2-c2ccccc21)c1cccc2c1[nH]c1ccccc12. The first kappa shape index (κ1) is 17.0. The smallest absolute Gasteiger partial charge is 0.340 e. The second kappa shape index (κ2) is 6.60. The van der Waals surface area contributed by atoms with E-state index in [4.69, 9.17) is 4.74 Å². The lowest BCUT2D eigenvalue weighted by molar-refractivity contribution is 0.0496. The Bertz CT molecular complexity index is 1380. The second-order valence-electron chi connectivity index (χ2n) is 7.72.